The van der Waals surface area contributed by atoms with Crippen molar-refractivity contribution in [2.45, 2.75) is 56.8 Å². The maximum Gasteiger partial charge on any atom is 0.168 e. The van der Waals surface area contributed by atoms with E-state index in [2.05, 4.69) is 4.90 Å². The highest BCUT2D eigenvalue weighted by Gasteiger charge is 2.43. The fourth-order valence-corrected chi connectivity index (χ4v) is 3.31. The van der Waals surface area contributed by atoms with E-state index in [9.17, 15) is 0 Å². The molecule has 0 radical (unpaired) electrons. The Morgan fingerprint density at radius 1 is 1.00 bits per heavy atom. The first-order valence-electron chi connectivity index (χ1n) is 6.90. The number of ether oxygens (including phenoxy) is 2. The van der Waals surface area contributed by atoms with Gasteiger partial charge in [0.15, 0.2) is 5.79 Å². The van der Waals surface area contributed by atoms with E-state index in [0.29, 0.717) is 6.10 Å². The minimum absolute atomic E-state index is 0.166. The second-order valence-corrected chi connectivity index (χ2v) is 5.53. The molecule has 3 rings (SSSR count). The molecule has 3 heteroatoms. The van der Waals surface area contributed by atoms with Gasteiger partial charge < -0.3 is 14.4 Å². The highest BCUT2D eigenvalue weighted by atomic mass is 16.7. The highest BCUT2D eigenvalue weighted by Crippen LogP contribution is 2.39. The van der Waals surface area contributed by atoms with Crippen molar-refractivity contribution in [2.75, 3.05) is 26.2 Å². The number of hydrogen-bond acceptors (Lipinski definition) is 3. The molecule has 0 N–H and O–H groups in total. The number of piperidine rings is 1. The summed E-state index contributed by atoms with van der Waals surface area (Å²) in [4.78, 5) is 2.55. The largest absolute Gasteiger partial charge is 0.347 e. The van der Waals surface area contributed by atoms with Gasteiger partial charge in [-0.2, -0.15) is 0 Å². The zero-order valence-corrected chi connectivity index (χ0v) is 10.1. The Balaban J connectivity index is 1.49. The van der Waals surface area contributed by atoms with E-state index in [4.69, 9.17) is 9.47 Å². The second kappa shape index (κ2) is 4.63. The summed E-state index contributed by atoms with van der Waals surface area (Å²) in [5.74, 6) is -0.166. The van der Waals surface area contributed by atoms with Crippen LogP contribution in [0.1, 0.15) is 44.9 Å². The van der Waals surface area contributed by atoms with E-state index < -0.39 is 0 Å². The van der Waals surface area contributed by atoms with Crippen molar-refractivity contribution in [1.29, 1.82) is 0 Å². The van der Waals surface area contributed by atoms with Crippen molar-refractivity contribution in [1.82, 2.24) is 4.90 Å². The SMILES string of the molecule is C1CCN(C[C@H]2COC3(CCCC3)O2)CC1. The van der Waals surface area contributed by atoms with E-state index in [1.807, 2.05) is 0 Å². The molecule has 3 fully saturated rings. The molecule has 0 amide bonds. The van der Waals surface area contributed by atoms with Gasteiger partial charge in [-0.1, -0.05) is 6.42 Å². The van der Waals surface area contributed by atoms with Crippen molar-refractivity contribution < 1.29 is 9.47 Å². The normalized spacial score (nSPS) is 34.9. The number of rotatable bonds is 2. The average molecular weight is 225 g/mol. The molecule has 1 saturated carbocycles. The number of nitrogens with zero attached hydrogens (tertiary/aromatic N) is 1. The molecule has 1 atom stereocenters. The van der Waals surface area contributed by atoms with Gasteiger partial charge in [0, 0.05) is 19.4 Å². The fraction of sp³-hybridized carbons (Fsp3) is 1.00. The van der Waals surface area contributed by atoms with Crippen LogP contribution in [0.15, 0.2) is 0 Å². The van der Waals surface area contributed by atoms with Gasteiger partial charge in [-0.25, -0.2) is 0 Å². The summed E-state index contributed by atoms with van der Waals surface area (Å²) in [6.45, 7) is 4.41. The standard InChI is InChI=1S/C13H23NO2/c1-4-8-14(9-5-1)10-12-11-15-13(16-12)6-2-3-7-13/h12H,1-11H2/t12-/m0/s1. The van der Waals surface area contributed by atoms with Crippen LogP contribution in [0.3, 0.4) is 0 Å². The molecule has 1 aliphatic carbocycles. The fourth-order valence-electron chi connectivity index (χ4n) is 3.31. The smallest absolute Gasteiger partial charge is 0.168 e. The molecule has 3 aliphatic rings. The Morgan fingerprint density at radius 2 is 1.75 bits per heavy atom. The first-order valence-corrected chi connectivity index (χ1v) is 6.90. The molecule has 0 bridgehead atoms. The molecule has 0 aromatic rings. The molecular formula is C13H23NO2. The maximum atomic E-state index is 6.15. The van der Waals surface area contributed by atoms with Crippen LogP contribution in [0.5, 0.6) is 0 Å². The summed E-state index contributed by atoms with van der Waals surface area (Å²) >= 11 is 0. The lowest BCUT2D eigenvalue weighted by Gasteiger charge is -2.29. The van der Waals surface area contributed by atoms with E-state index in [1.165, 1.54) is 45.2 Å². The van der Waals surface area contributed by atoms with E-state index in [0.717, 1.165) is 26.0 Å². The lowest BCUT2D eigenvalue weighted by molar-refractivity contribution is -0.163. The minimum Gasteiger partial charge on any atom is -0.347 e. The van der Waals surface area contributed by atoms with Crippen molar-refractivity contribution in [3.8, 4) is 0 Å². The minimum atomic E-state index is -0.166. The van der Waals surface area contributed by atoms with Gasteiger partial charge in [0.05, 0.1) is 12.7 Å². The molecule has 0 aromatic heterocycles. The third-order valence-electron chi connectivity index (χ3n) is 4.19. The highest BCUT2D eigenvalue weighted by molar-refractivity contribution is 4.85. The average Bonchev–Trinajstić information content (AvgIpc) is 2.92. The molecular weight excluding hydrogens is 202 g/mol. The summed E-state index contributed by atoms with van der Waals surface area (Å²) in [7, 11) is 0. The van der Waals surface area contributed by atoms with Gasteiger partial charge in [-0.3, -0.25) is 0 Å². The quantitative estimate of drug-likeness (QED) is 0.719. The molecule has 0 unspecified atom stereocenters. The summed E-state index contributed by atoms with van der Waals surface area (Å²) in [5, 5.41) is 0. The first kappa shape index (κ1) is 11.0. The van der Waals surface area contributed by atoms with Crippen molar-refractivity contribution in [2.24, 2.45) is 0 Å². The molecule has 2 saturated heterocycles. The van der Waals surface area contributed by atoms with Gasteiger partial charge >= 0.3 is 0 Å². The summed E-state index contributed by atoms with van der Waals surface area (Å²) in [6, 6.07) is 0. The molecule has 2 aliphatic heterocycles. The van der Waals surface area contributed by atoms with Crippen molar-refractivity contribution in [3.05, 3.63) is 0 Å². The summed E-state index contributed by atoms with van der Waals surface area (Å²) in [6.07, 6.45) is 9.23. The third kappa shape index (κ3) is 2.27. The topological polar surface area (TPSA) is 21.7 Å². The monoisotopic (exact) mass is 225 g/mol. The van der Waals surface area contributed by atoms with E-state index in [1.54, 1.807) is 0 Å². The zero-order valence-electron chi connectivity index (χ0n) is 10.1. The summed E-state index contributed by atoms with van der Waals surface area (Å²) in [5.41, 5.74) is 0. The molecule has 0 aromatic carbocycles. The number of hydrogen-bond donors (Lipinski definition) is 0. The third-order valence-corrected chi connectivity index (χ3v) is 4.19. The molecule has 16 heavy (non-hydrogen) atoms. The predicted molar refractivity (Wildman–Crippen MR) is 62.3 cm³/mol. The Kier molecular flexibility index (Phi) is 3.18. The van der Waals surface area contributed by atoms with Gasteiger partial charge in [0.1, 0.15) is 0 Å². The van der Waals surface area contributed by atoms with E-state index in [-0.39, 0.29) is 5.79 Å². The van der Waals surface area contributed by atoms with Gasteiger partial charge in [-0.15, -0.1) is 0 Å². The number of likely N-dealkylation sites (tertiary alicyclic amines) is 1. The Morgan fingerprint density at radius 3 is 2.50 bits per heavy atom. The second-order valence-electron chi connectivity index (χ2n) is 5.53. The van der Waals surface area contributed by atoms with Crippen LogP contribution in [0.2, 0.25) is 0 Å². The predicted octanol–water partition coefficient (Wildman–Crippen LogP) is 2.16. The molecule has 2 heterocycles. The van der Waals surface area contributed by atoms with Crippen LogP contribution in [0.25, 0.3) is 0 Å². The Hall–Kier alpha value is -0.120. The molecule has 92 valence electrons. The van der Waals surface area contributed by atoms with Crippen LogP contribution in [-0.4, -0.2) is 43.0 Å². The molecule has 1 spiro atoms. The van der Waals surface area contributed by atoms with Crippen LogP contribution in [0, 0.1) is 0 Å². The van der Waals surface area contributed by atoms with Gasteiger partial charge in [0.2, 0.25) is 0 Å². The lowest BCUT2D eigenvalue weighted by atomic mass is 10.1. The van der Waals surface area contributed by atoms with Crippen LogP contribution >= 0.6 is 0 Å². The Bertz CT molecular complexity index is 232. The maximum absolute atomic E-state index is 6.15. The van der Waals surface area contributed by atoms with Gasteiger partial charge in [-0.05, 0) is 38.8 Å². The van der Waals surface area contributed by atoms with Gasteiger partial charge in [0.25, 0.3) is 0 Å². The van der Waals surface area contributed by atoms with Crippen molar-refractivity contribution >= 4 is 0 Å². The van der Waals surface area contributed by atoms with Crippen LogP contribution in [-0.2, 0) is 9.47 Å². The van der Waals surface area contributed by atoms with Crippen molar-refractivity contribution in [3.63, 3.8) is 0 Å². The van der Waals surface area contributed by atoms with E-state index >= 15 is 0 Å². The van der Waals surface area contributed by atoms with Crippen LogP contribution < -0.4 is 0 Å². The first-order chi connectivity index (χ1) is 7.86. The summed E-state index contributed by atoms with van der Waals surface area (Å²) < 4.78 is 12.1. The lowest BCUT2D eigenvalue weighted by Crippen LogP contribution is -2.38. The van der Waals surface area contributed by atoms with Crippen LogP contribution in [0.4, 0.5) is 0 Å². The Labute approximate surface area is 98.1 Å². The zero-order chi connectivity index (χ0) is 10.8. The molecule has 3 nitrogen and oxygen atoms in total.